The van der Waals surface area contributed by atoms with Crippen molar-refractivity contribution >= 4 is 10.0 Å². The van der Waals surface area contributed by atoms with Crippen molar-refractivity contribution in [3.05, 3.63) is 41.7 Å². The lowest BCUT2D eigenvalue weighted by Crippen LogP contribution is -2.49. The molecular weight excluding hydrogens is 364 g/mol. The van der Waals surface area contributed by atoms with Crippen LogP contribution in [0.4, 0.5) is 0 Å². The summed E-state index contributed by atoms with van der Waals surface area (Å²) >= 11 is 0. The summed E-state index contributed by atoms with van der Waals surface area (Å²) in [6.45, 7) is 10.7. The molecular formula is C19H28N4O3S. The number of ether oxygens (including phenoxy) is 1. The van der Waals surface area contributed by atoms with Crippen LogP contribution in [0.25, 0.3) is 0 Å². The number of piperazine rings is 1. The molecule has 1 aromatic carbocycles. The summed E-state index contributed by atoms with van der Waals surface area (Å²) in [5, 5.41) is 4.48. The van der Waals surface area contributed by atoms with Crippen LogP contribution < -0.4 is 4.74 Å². The van der Waals surface area contributed by atoms with E-state index in [0.717, 1.165) is 37.6 Å². The van der Waals surface area contributed by atoms with Crippen LogP contribution in [0.2, 0.25) is 0 Å². The maximum absolute atomic E-state index is 12.8. The van der Waals surface area contributed by atoms with Crippen molar-refractivity contribution in [1.29, 1.82) is 0 Å². The Hall–Kier alpha value is -1.90. The number of nitrogens with zero attached hydrogens (tertiary/aromatic N) is 4. The number of sulfonamides is 1. The summed E-state index contributed by atoms with van der Waals surface area (Å²) in [5.41, 5.74) is 2.18. The van der Waals surface area contributed by atoms with Crippen LogP contribution in [0.15, 0.2) is 35.2 Å². The molecule has 1 aliphatic rings. The summed E-state index contributed by atoms with van der Waals surface area (Å²) in [4.78, 5) is 2.61. The van der Waals surface area contributed by atoms with E-state index in [2.05, 4.69) is 23.0 Å². The van der Waals surface area contributed by atoms with E-state index in [0.29, 0.717) is 30.3 Å². The van der Waals surface area contributed by atoms with E-state index in [9.17, 15) is 8.42 Å². The molecule has 0 aliphatic carbocycles. The molecule has 0 atom stereocenters. The number of hydrogen-bond acceptors (Lipinski definition) is 5. The standard InChI is InChI=1S/C19H28N4O3S/c1-4-26-18-5-7-19(8-6-18)27(24,25)22-12-9-21(10-13-22)11-14-23-17(3)15-16(2)20-23/h5-8,15H,4,9-14H2,1-3H3. The Morgan fingerprint density at radius 3 is 2.26 bits per heavy atom. The molecule has 1 aliphatic heterocycles. The lowest BCUT2D eigenvalue weighted by molar-refractivity contribution is 0.180. The van der Waals surface area contributed by atoms with Crippen LogP contribution in [0.1, 0.15) is 18.3 Å². The van der Waals surface area contributed by atoms with Gasteiger partial charge in [0.05, 0.1) is 23.7 Å². The Balaban J connectivity index is 1.55. The zero-order valence-corrected chi connectivity index (χ0v) is 17.1. The van der Waals surface area contributed by atoms with Gasteiger partial charge in [0.15, 0.2) is 0 Å². The molecule has 0 spiro atoms. The minimum absolute atomic E-state index is 0.321. The van der Waals surface area contributed by atoms with E-state index in [1.54, 1.807) is 28.6 Å². The molecule has 0 unspecified atom stereocenters. The first kappa shape index (κ1) is 19.9. The highest BCUT2D eigenvalue weighted by Crippen LogP contribution is 2.21. The first-order valence-electron chi connectivity index (χ1n) is 9.36. The highest BCUT2D eigenvalue weighted by atomic mass is 32.2. The average Bonchev–Trinajstić information content (AvgIpc) is 2.98. The SMILES string of the molecule is CCOc1ccc(S(=O)(=O)N2CCN(CCn3nc(C)cc3C)CC2)cc1. The van der Waals surface area contributed by atoms with Crippen LogP contribution >= 0.6 is 0 Å². The summed E-state index contributed by atoms with van der Waals surface area (Å²) in [7, 11) is -3.45. The molecule has 0 N–H and O–H groups in total. The van der Waals surface area contributed by atoms with Gasteiger partial charge in [-0.05, 0) is 51.1 Å². The second-order valence-corrected chi connectivity index (χ2v) is 8.74. The molecule has 148 valence electrons. The van der Waals surface area contributed by atoms with E-state index < -0.39 is 10.0 Å². The van der Waals surface area contributed by atoms with Gasteiger partial charge in [-0.3, -0.25) is 9.58 Å². The Labute approximate surface area is 161 Å². The van der Waals surface area contributed by atoms with Gasteiger partial charge in [0.2, 0.25) is 10.0 Å². The fourth-order valence-corrected chi connectivity index (χ4v) is 4.78. The van der Waals surface area contributed by atoms with Crippen LogP contribution in [-0.2, 0) is 16.6 Å². The lowest BCUT2D eigenvalue weighted by atomic mass is 10.3. The smallest absolute Gasteiger partial charge is 0.243 e. The number of hydrogen-bond donors (Lipinski definition) is 0. The molecule has 0 amide bonds. The molecule has 8 heteroatoms. The maximum atomic E-state index is 12.8. The van der Waals surface area contributed by atoms with E-state index in [1.807, 2.05) is 18.5 Å². The normalized spacial score (nSPS) is 16.6. The quantitative estimate of drug-likeness (QED) is 0.720. The largest absolute Gasteiger partial charge is 0.494 e. The van der Waals surface area contributed by atoms with Gasteiger partial charge in [-0.1, -0.05) is 0 Å². The van der Waals surface area contributed by atoms with Crippen molar-refractivity contribution < 1.29 is 13.2 Å². The van der Waals surface area contributed by atoms with E-state index >= 15 is 0 Å². The van der Waals surface area contributed by atoms with Crippen molar-refractivity contribution in [1.82, 2.24) is 19.0 Å². The Morgan fingerprint density at radius 2 is 1.70 bits per heavy atom. The zero-order valence-electron chi connectivity index (χ0n) is 16.3. The summed E-state index contributed by atoms with van der Waals surface area (Å²) in [5.74, 6) is 0.686. The molecule has 3 rings (SSSR count). The second-order valence-electron chi connectivity index (χ2n) is 6.80. The summed E-state index contributed by atoms with van der Waals surface area (Å²) in [6.07, 6.45) is 0. The zero-order chi connectivity index (χ0) is 19.4. The first-order chi connectivity index (χ1) is 12.9. The van der Waals surface area contributed by atoms with E-state index in [1.165, 1.54) is 0 Å². The van der Waals surface area contributed by atoms with Crippen LogP contribution in [0.5, 0.6) is 5.75 Å². The van der Waals surface area contributed by atoms with Crippen molar-refractivity contribution in [3.8, 4) is 5.75 Å². The Morgan fingerprint density at radius 1 is 1.04 bits per heavy atom. The molecule has 27 heavy (non-hydrogen) atoms. The highest BCUT2D eigenvalue weighted by Gasteiger charge is 2.28. The van der Waals surface area contributed by atoms with Gasteiger partial charge in [-0.25, -0.2) is 8.42 Å². The van der Waals surface area contributed by atoms with Crippen molar-refractivity contribution in [2.45, 2.75) is 32.2 Å². The predicted molar refractivity (Wildman–Crippen MR) is 105 cm³/mol. The lowest BCUT2D eigenvalue weighted by Gasteiger charge is -2.34. The first-order valence-corrected chi connectivity index (χ1v) is 10.8. The molecule has 2 aromatic rings. The van der Waals surface area contributed by atoms with Crippen LogP contribution in [0, 0.1) is 13.8 Å². The Bertz CT molecular complexity index is 854. The minimum atomic E-state index is -3.45. The van der Waals surface area contributed by atoms with Gasteiger partial charge in [0.1, 0.15) is 5.75 Å². The number of aryl methyl sites for hydroxylation is 2. The second kappa shape index (κ2) is 8.41. The average molecular weight is 393 g/mol. The molecule has 1 saturated heterocycles. The number of benzene rings is 1. The van der Waals surface area contributed by atoms with Gasteiger partial charge < -0.3 is 4.74 Å². The topological polar surface area (TPSA) is 67.7 Å². The monoisotopic (exact) mass is 392 g/mol. The predicted octanol–water partition coefficient (Wildman–Crippen LogP) is 1.91. The van der Waals surface area contributed by atoms with Gasteiger partial charge in [-0.2, -0.15) is 9.40 Å². The highest BCUT2D eigenvalue weighted by molar-refractivity contribution is 7.89. The number of aromatic nitrogens is 2. The van der Waals surface area contributed by atoms with Crippen molar-refractivity contribution in [2.24, 2.45) is 0 Å². The maximum Gasteiger partial charge on any atom is 0.243 e. The molecule has 2 heterocycles. The Kier molecular flexibility index (Phi) is 6.18. The molecule has 0 bridgehead atoms. The van der Waals surface area contributed by atoms with Crippen molar-refractivity contribution in [2.75, 3.05) is 39.3 Å². The van der Waals surface area contributed by atoms with E-state index in [4.69, 9.17) is 4.74 Å². The fourth-order valence-electron chi connectivity index (χ4n) is 3.35. The minimum Gasteiger partial charge on any atom is -0.494 e. The third-order valence-corrected chi connectivity index (χ3v) is 6.75. The molecule has 1 aromatic heterocycles. The fraction of sp³-hybridized carbons (Fsp3) is 0.526. The van der Waals surface area contributed by atoms with Gasteiger partial charge in [0.25, 0.3) is 0 Å². The van der Waals surface area contributed by atoms with E-state index in [-0.39, 0.29) is 0 Å². The molecule has 0 radical (unpaired) electrons. The molecule has 7 nitrogen and oxygen atoms in total. The van der Waals surface area contributed by atoms with Gasteiger partial charge >= 0.3 is 0 Å². The third-order valence-electron chi connectivity index (χ3n) is 4.84. The third kappa shape index (κ3) is 4.69. The van der Waals surface area contributed by atoms with Gasteiger partial charge in [0, 0.05) is 38.4 Å². The summed E-state index contributed by atoms with van der Waals surface area (Å²) in [6, 6.07) is 8.73. The molecule has 0 saturated carbocycles. The van der Waals surface area contributed by atoms with Crippen molar-refractivity contribution in [3.63, 3.8) is 0 Å². The number of rotatable bonds is 7. The summed E-state index contributed by atoms with van der Waals surface area (Å²) < 4.78 is 34.7. The van der Waals surface area contributed by atoms with Gasteiger partial charge in [-0.15, -0.1) is 0 Å². The van der Waals surface area contributed by atoms with Crippen LogP contribution in [0.3, 0.4) is 0 Å². The van der Waals surface area contributed by atoms with Crippen LogP contribution in [-0.4, -0.2) is 66.7 Å². The molecule has 1 fully saturated rings.